The second kappa shape index (κ2) is 9.61. The Labute approximate surface area is 178 Å². The minimum Gasteiger partial charge on any atom is -0.319 e. The number of pyridine rings is 1. The van der Waals surface area contributed by atoms with E-state index < -0.39 is 17.8 Å². The zero-order chi connectivity index (χ0) is 22.4. The van der Waals surface area contributed by atoms with Gasteiger partial charge in [0.25, 0.3) is 0 Å². The van der Waals surface area contributed by atoms with Gasteiger partial charge in [-0.05, 0) is 50.0 Å². The number of nitrogens with one attached hydrogen (secondary N) is 1. The number of carbonyl (C=O) groups is 1. The van der Waals surface area contributed by atoms with Gasteiger partial charge in [-0.2, -0.15) is 18.3 Å². The molecule has 10 heteroatoms. The summed E-state index contributed by atoms with van der Waals surface area (Å²) in [6.07, 6.45) is 1.84. The molecule has 1 N–H and O–H groups in total. The summed E-state index contributed by atoms with van der Waals surface area (Å²) < 4.78 is 41.2. The van der Waals surface area contributed by atoms with E-state index in [1.54, 1.807) is 30.7 Å². The SMILES string of the molecule is CN(C)CCN(Cc1cccnc1)C(=O)Nc1cc(C(F)(F)F)ccc1-n1cccn1. The van der Waals surface area contributed by atoms with Crippen molar-refractivity contribution in [3.63, 3.8) is 0 Å². The molecule has 0 spiro atoms. The third-order valence-electron chi connectivity index (χ3n) is 4.52. The average Bonchev–Trinajstić information content (AvgIpc) is 3.25. The lowest BCUT2D eigenvalue weighted by molar-refractivity contribution is -0.137. The smallest absolute Gasteiger partial charge is 0.319 e. The van der Waals surface area contributed by atoms with Crippen LogP contribution < -0.4 is 5.32 Å². The van der Waals surface area contributed by atoms with E-state index in [9.17, 15) is 18.0 Å². The lowest BCUT2D eigenvalue weighted by atomic mass is 10.1. The van der Waals surface area contributed by atoms with Crippen molar-refractivity contribution in [1.29, 1.82) is 0 Å². The average molecular weight is 432 g/mol. The van der Waals surface area contributed by atoms with E-state index in [1.807, 2.05) is 25.1 Å². The summed E-state index contributed by atoms with van der Waals surface area (Å²) in [6.45, 7) is 1.23. The molecule has 0 bridgehead atoms. The van der Waals surface area contributed by atoms with Gasteiger partial charge in [0.15, 0.2) is 0 Å². The molecule has 0 atom stereocenters. The number of carbonyl (C=O) groups excluding carboxylic acids is 1. The maximum absolute atomic E-state index is 13.3. The van der Waals surface area contributed by atoms with Gasteiger partial charge < -0.3 is 15.1 Å². The first kappa shape index (κ1) is 22.3. The molecule has 0 saturated carbocycles. The summed E-state index contributed by atoms with van der Waals surface area (Å²) in [6, 6.07) is 7.90. The van der Waals surface area contributed by atoms with Gasteiger partial charge in [0.1, 0.15) is 0 Å². The monoisotopic (exact) mass is 432 g/mol. The third-order valence-corrected chi connectivity index (χ3v) is 4.52. The number of likely N-dealkylation sites (N-methyl/N-ethyl adjacent to an activating group) is 1. The van der Waals surface area contributed by atoms with E-state index in [1.165, 1.54) is 21.8 Å². The molecule has 31 heavy (non-hydrogen) atoms. The molecule has 3 aromatic rings. The Bertz CT molecular complexity index is 990. The van der Waals surface area contributed by atoms with Crippen LogP contribution in [0.1, 0.15) is 11.1 Å². The molecule has 0 radical (unpaired) electrons. The van der Waals surface area contributed by atoms with E-state index in [0.717, 1.165) is 17.7 Å². The van der Waals surface area contributed by atoms with E-state index in [2.05, 4.69) is 15.4 Å². The van der Waals surface area contributed by atoms with Crippen LogP contribution >= 0.6 is 0 Å². The molecule has 0 fully saturated rings. The van der Waals surface area contributed by atoms with E-state index in [4.69, 9.17) is 0 Å². The minimum absolute atomic E-state index is 0.0181. The molecule has 1 aromatic carbocycles. The zero-order valence-corrected chi connectivity index (χ0v) is 17.2. The van der Waals surface area contributed by atoms with Crippen molar-refractivity contribution in [3.05, 3.63) is 72.3 Å². The lowest BCUT2D eigenvalue weighted by Gasteiger charge is -2.25. The number of benzene rings is 1. The van der Waals surface area contributed by atoms with Crippen LogP contribution in [0.3, 0.4) is 0 Å². The number of hydrogen-bond acceptors (Lipinski definition) is 4. The van der Waals surface area contributed by atoms with Crippen LogP contribution in [0.25, 0.3) is 5.69 Å². The predicted octanol–water partition coefficient (Wildman–Crippen LogP) is 3.88. The predicted molar refractivity (Wildman–Crippen MR) is 111 cm³/mol. The molecular formula is C21H23F3N6O. The van der Waals surface area contributed by atoms with Crippen molar-refractivity contribution in [3.8, 4) is 5.69 Å². The fraction of sp³-hybridized carbons (Fsp3) is 0.286. The van der Waals surface area contributed by atoms with Crippen molar-refractivity contribution in [2.75, 3.05) is 32.5 Å². The number of halogens is 3. The third kappa shape index (κ3) is 6.05. The Hall–Kier alpha value is -3.40. The number of hydrogen-bond donors (Lipinski definition) is 1. The molecule has 164 valence electrons. The Kier molecular flexibility index (Phi) is 6.91. The van der Waals surface area contributed by atoms with Crippen LogP contribution in [0.5, 0.6) is 0 Å². The molecule has 7 nitrogen and oxygen atoms in total. The van der Waals surface area contributed by atoms with E-state index in [0.29, 0.717) is 18.8 Å². The molecule has 2 amide bonds. The van der Waals surface area contributed by atoms with Gasteiger partial charge in [0.2, 0.25) is 0 Å². The van der Waals surface area contributed by atoms with Crippen molar-refractivity contribution in [2.45, 2.75) is 12.7 Å². The summed E-state index contributed by atoms with van der Waals surface area (Å²) in [5, 5.41) is 6.72. The van der Waals surface area contributed by atoms with Crippen molar-refractivity contribution >= 4 is 11.7 Å². The molecule has 2 heterocycles. The van der Waals surface area contributed by atoms with Gasteiger partial charge in [0, 0.05) is 44.4 Å². The first-order chi connectivity index (χ1) is 14.7. The number of nitrogens with zero attached hydrogens (tertiary/aromatic N) is 5. The molecule has 3 rings (SSSR count). The largest absolute Gasteiger partial charge is 0.416 e. The number of urea groups is 1. The molecule has 0 aliphatic heterocycles. The molecule has 0 aliphatic carbocycles. The Morgan fingerprint density at radius 2 is 1.94 bits per heavy atom. The second-order valence-electron chi connectivity index (χ2n) is 7.20. The summed E-state index contributed by atoms with van der Waals surface area (Å²) in [5.41, 5.74) is 0.309. The van der Waals surface area contributed by atoms with Crippen LogP contribution in [0, 0.1) is 0 Å². The quantitative estimate of drug-likeness (QED) is 0.615. The van der Waals surface area contributed by atoms with Gasteiger partial charge in [0.05, 0.1) is 16.9 Å². The fourth-order valence-corrected chi connectivity index (χ4v) is 2.90. The highest BCUT2D eigenvalue weighted by Crippen LogP contribution is 2.33. The van der Waals surface area contributed by atoms with E-state index in [-0.39, 0.29) is 12.2 Å². The highest BCUT2D eigenvalue weighted by molar-refractivity contribution is 5.91. The fourth-order valence-electron chi connectivity index (χ4n) is 2.90. The second-order valence-corrected chi connectivity index (χ2v) is 7.20. The Morgan fingerprint density at radius 1 is 1.13 bits per heavy atom. The molecule has 2 aromatic heterocycles. The van der Waals surface area contributed by atoms with Gasteiger partial charge >= 0.3 is 12.2 Å². The maximum Gasteiger partial charge on any atom is 0.416 e. The normalized spacial score (nSPS) is 11.5. The summed E-state index contributed by atoms with van der Waals surface area (Å²) in [5.74, 6) is 0. The van der Waals surface area contributed by atoms with Crippen LogP contribution in [-0.2, 0) is 12.7 Å². The molecular weight excluding hydrogens is 409 g/mol. The summed E-state index contributed by atoms with van der Waals surface area (Å²) in [7, 11) is 3.76. The minimum atomic E-state index is -4.54. The van der Waals surface area contributed by atoms with E-state index >= 15 is 0 Å². The van der Waals surface area contributed by atoms with Crippen LogP contribution in [0.15, 0.2) is 61.2 Å². The van der Waals surface area contributed by atoms with Gasteiger partial charge in [-0.3, -0.25) is 4.98 Å². The van der Waals surface area contributed by atoms with Crippen LogP contribution in [0.2, 0.25) is 0 Å². The highest BCUT2D eigenvalue weighted by atomic mass is 19.4. The number of rotatable bonds is 7. The van der Waals surface area contributed by atoms with Crippen molar-refractivity contribution < 1.29 is 18.0 Å². The molecule has 0 unspecified atom stereocenters. The first-order valence-electron chi connectivity index (χ1n) is 9.55. The van der Waals surface area contributed by atoms with Crippen molar-refractivity contribution in [1.82, 2.24) is 24.6 Å². The summed E-state index contributed by atoms with van der Waals surface area (Å²) >= 11 is 0. The maximum atomic E-state index is 13.3. The highest BCUT2D eigenvalue weighted by Gasteiger charge is 2.31. The standard InChI is InChI=1S/C21H23F3N6O/c1-28(2)11-12-29(15-16-5-3-8-25-14-16)20(31)27-18-13-17(21(22,23)24)6-7-19(18)30-10-4-9-26-30/h3-10,13-14H,11-12,15H2,1-2H3,(H,27,31). The first-order valence-corrected chi connectivity index (χ1v) is 9.55. The molecule has 0 aliphatic rings. The van der Waals surface area contributed by atoms with Gasteiger partial charge in [-0.25, -0.2) is 9.48 Å². The lowest BCUT2D eigenvalue weighted by Crippen LogP contribution is -2.39. The zero-order valence-electron chi connectivity index (χ0n) is 17.2. The summed E-state index contributed by atoms with van der Waals surface area (Å²) in [4.78, 5) is 20.6. The number of aromatic nitrogens is 3. The molecule has 0 saturated heterocycles. The number of amides is 2. The van der Waals surface area contributed by atoms with Crippen LogP contribution in [-0.4, -0.2) is 57.8 Å². The van der Waals surface area contributed by atoms with Crippen molar-refractivity contribution in [2.24, 2.45) is 0 Å². The van der Waals surface area contributed by atoms with Gasteiger partial charge in [-0.1, -0.05) is 6.07 Å². The topological polar surface area (TPSA) is 66.3 Å². The Balaban J connectivity index is 1.90. The van der Waals surface area contributed by atoms with Gasteiger partial charge in [-0.15, -0.1) is 0 Å². The number of anilines is 1. The Morgan fingerprint density at radius 3 is 2.55 bits per heavy atom. The number of alkyl halides is 3. The van der Waals surface area contributed by atoms with Crippen LogP contribution in [0.4, 0.5) is 23.7 Å².